The molecule has 132 valence electrons. The van der Waals surface area contributed by atoms with Crippen LogP contribution in [0, 0.1) is 0 Å². The van der Waals surface area contributed by atoms with E-state index in [1.165, 1.54) is 5.57 Å². The Kier molecular flexibility index (Phi) is 5.56. The first-order chi connectivity index (χ1) is 12.1. The number of benzene rings is 1. The van der Waals surface area contributed by atoms with Gasteiger partial charge >= 0.3 is 0 Å². The van der Waals surface area contributed by atoms with Gasteiger partial charge in [0.05, 0.1) is 23.1 Å². The number of nitrogens with one attached hydrogen (secondary N) is 2. The molecule has 0 bridgehead atoms. The van der Waals surface area contributed by atoms with Gasteiger partial charge in [-0.2, -0.15) is 5.10 Å². The summed E-state index contributed by atoms with van der Waals surface area (Å²) in [6.45, 7) is 6.56. The molecular weight excluding hydrogens is 336 g/mol. The average molecular weight is 359 g/mol. The Balaban J connectivity index is 1.82. The van der Waals surface area contributed by atoms with Crippen molar-refractivity contribution < 1.29 is 4.79 Å². The van der Waals surface area contributed by atoms with Crippen LogP contribution < -0.4 is 10.6 Å². The normalized spacial score (nSPS) is 14.5. The smallest absolute Gasteiger partial charge is 0.255 e. The molecule has 5 nitrogen and oxygen atoms in total. The Labute approximate surface area is 153 Å². The zero-order valence-corrected chi connectivity index (χ0v) is 15.3. The molecule has 2 N–H and O–H groups in total. The summed E-state index contributed by atoms with van der Waals surface area (Å²) < 4.78 is 1.82. The largest absolute Gasteiger partial charge is 0.348 e. The summed E-state index contributed by atoms with van der Waals surface area (Å²) in [5.41, 5.74) is 3.69. The first kappa shape index (κ1) is 17.7. The van der Waals surface area contributed by atoms with E-state index in [9.17, 15) is 4.79 Å². The van der Waals surface area contributed by atoms with Gasteiger partial charge in [-0.15, -0.1) is 0 Å². The van der Waals surface area contributed by atoms with E-state index in [-0.39, 0.29) is 11.8 Å². The monoisotopic (exact) mass is 358 g/mol. The molecule has 0 spiro atoms. The van der Waals surface area contributed by atoms with E-state index in [0.717, 1.165) is 30.9 Å². The molecule has 0 saturated heterocycles. The number of carbonyl (C=O) groups is 1. The molecule has 1 aromatic heterocycles. The van der Waals surface area contributed by atoms with Crippen molar-refractivity contribution in [3.8, 4) is 5.69 Å². The summed E-state index contributed by atoms with van der Waals surface area (Å²) in [4.78, 5) is 12.7. The molecule has 1 aliphatic heterocycles. The topological polar surface area (TPSA) is 59.0 Å². The van der Waals surface area contributed by atoms with Crippen LogP contribution in [0.5, 0.6) is 0 Å². The third-order valence-corrected chi connectivity index (χ3v) is 4.56. The molecule has 2 aromatic rings. The first-order valence-corrected chi connectivity index (χ1v) is 8.94. The minimum atomic E-state index is -0.0802. The predicted molar refractivity (Wildman–Crippen MR) is 101 cm³/mol. The van der Waals surface area contributed by atoms with Gasteiger partial charge in [-0.1, -0.05) is 37.1 Å². The van der Waals surface area contributed by atoms with Crippen molar-refractivity contribution in [2.45, 2.75) is 26.2 Å². The predicted octanol–water partition coefficient (Wildman–Crippen LogP) is 3.30. The van der Waals surface area contributed by atoms with Crippen LogP contribution in [0.15, 0.2) is 42.1 Å². The van der Waals surface area contributed by atoms with Crippen molar-refractivity contribution in [3.63, 3.8) is 0 Å². The van der Waals surface area contributed by atoms with Crippen LogP contribution in [0.25, 0.3) is 5.69 Å². The molecule has 0 aliphatic carbocycles. The fourth-order valence-corrected chi connectivity index (χ4v) is 3.12. The molecule has 1 aromatic carbocycles. The van der Waals surface area contributed by atoms with E-state index in [2.05, 4.69) is 35.7 Å². The number of rotatable bonds is 5. The molecule has 0 fully saturated rings. The Bertz CT molecular complexity index is 777. The fraction of sp³-hybridized carbons (Fsp3) is 0.368. The lowest BCUT2D eigenvalue weighted by molar-refractivity contribution is 0.0955. The van der Waals surface area contributed by atoms with Gasteiger partial charge in [0, 0.05) is 18.1 Å². The number of carbonyl (C=O) groups excluding carboxylic acids is 1. The number of aromatic nitrogens is 2. The molecule has 1 amide bonds. The van der Waals surface area contributed by atoms with Crippen molar-refractivity contribution in [1.29, 1.82) is 0 Å². The summed E-state index contributed by atoms with van der Waals surface area (Å²) in [7, 11) is 0. The molecule has 25 heavy (non-hydrogen) atoms. The fourth-order valence-electron chi connectivity index (χ4n) is 3.00. The quantitative estimate of drug-likeness (QED) is 0.806. The molecule has 6 heteroatoms. The van der Waals surface area contributed by atoms with Crippen molar-refractivity contribution in [1.82, 2.24) is 20.4 Å². The Morgan fingerprint density at radius 1 is 1.36 bits per heavy atom. The van der Waals surface area contributed by atoms with E-state index < -0.39 is 0 Å². The summed E-state index contributed by atoms with van der Waals surface area (Å²) in [5, 5.41) is 11.4. The van der Waals surface area contributed by atoms with Crippen LogP contribution in [0.4, 0.5) is 0 Å². The van der Waals surface area contributed by atoms with Gasteiger partial charge in [-0.05, 0) is 43.1 Å². The van der Waals surface area contributed by atoms with Gasteiger partial charge < -0.3 is 10.6 Å². The average Bonchev–Trinajstić information content (AvgIpc) is 3.06. The molecular formula is C19H23ClN4O. The molecule has 0 unspecified atom stereocenters. The molecule has 0 saturated carbocycles. The zero-order chi connectivity index (χ0) is 17.8. The Morgan fingerprint density at radius 3 is 2.76 bits per heavy atom. The maximum Gasteiger partial charge on any atom is 0.255 e. The van der Waals surface area contributed by atoms with Crippen LogP contribution in [0.3, 0.4) is 0 Å². The van der Waals surface area contributed by atoms with E-state index in [1.807, 2.05) is 28.9 Å². The molecule has 1 aliphatic rings. The summed E-state index contributed by atoms with van der Waals surface area (Å²) in [6, 6.07) is 7.46. The van der Waals surface area contributed by atoms with Gasteiger partial charge in [0.25, 0.3) is 5.91 Å². The SMILES string of the molecule is CC(C)c1c(C(=O)NCC2=CCNCC2)cnn1-c1ccc(Cl)cc1. The van der Waals surface area contributed by atoms with Gasteiger partial charge in [0.1, 0.15) is 0 Å². The number of hydrogen-bond donors (Lipinski definition) is 2. The van der Waals surface area contributed by atoms with Crippen molar-refractivity contribution >= 4 is 17.5 Å². The highest BCUT2D eigenvalue weighted by Gasteiger charge is 2.21. The summed E-state index contributed by atoms with van der Waals surface area (Å²) in [6.07, 6.45) is 4.77. The second kappa shape index (κ2) is 7.85. The summed E-state index contributed by atoms with van der Waals surface area (Å²) in [5.74, 6) is 0.0837. The summed E-state index contributed by atoms with van der Waals surface area (Å²) >= 11 is 5.97. The van der Waals surface area contributed by atoms with E-state index in [4.69, 9.17) is 11.6 Å². The van der Waals surface area contributed by atoms with Gasteiger partial charge in [0.2, 0.25) is 0 Å². The Morgan fingerprint density at radius 2 is 2.12 bits per heavy atom. The lowest BCUT2D eigenvalue weighted by Gasteiger charge is -2.16. The number of halogens is 1. The minimum Gasteiger partial charge on any atom is -0.348 e. The van der Waals surface area contributed by atoms with E-state index in [1.54, 1.807) is 6.20 Å². The van der Waals surface area contributed by atoms with Crippen molar-refractivity contribution in [3.05, 3.63) is 58.4 Å². The van der Waals surface area contributed by atoms with E-state index in [0.29, 0.717) is 17.1 Å². The molecule has 0 radical (unpaired) electrons. The number of hydrogen-bond acceptors (Lipinski definition) is 3. The standard InChI is InChI=1S/C19H23ClN4O/c1-13(2)18-17(19(25)22-11-14-7-9-21-10-8-14)12-23-24(18)16-5-3-15(20)4-6-16/h3-7,12-13,21H,8-11H2,1-2H3,(H,22,25). The second-order valence-electron chi connectivity index (χ2n) is 6.49. The van der Waals surface area contributed by atoms with Crippen molar-refractivity contribution in [2.75, 3.05) is 19.6 Å². The lowest BCUT2D eigenvalue weighted by atomic mass is 10.0. The third kappa shape index (κ3) is 4.11. The first-order valence-electron chi connectivity index (χ1n) is 8.57. The molecule has 0 atom stereocenters. The number of nitrogens with zero attached hydrogens (tertiary/aromatic N) is 2. The highest BCUT2D eigenvalue weighted by molar-refractivity contribution is 6.30. The van der Waals surface area contributed by atoms with Crippen LogP contribution >= 0.6 is 11.6 Å². The number of amides is 1. The highest BCUT2D eigenvalue weighted by atomic mass is 35.5. The molecule has 3 rings (SSSR count). The molecule has 2 heterocycles. The van der Waals surface area contributed by atoms with Crippen LogP contribution in [0.1, 0.15) is 42.2 Å². The van der Waals surface area contributed by atoms with Gasteiger partial charge in [0.15, 0.2) is 0 Å². The third-order valence-electron chi connectivity index (χ3n) is 4.30. The second-order valence-corrected chi connectivity index (χ2v) is 6.92. The maximum absolute atomic E-state index is 12.7. The van der Waals surface area contributed by atoms with Crippen LogP contribution in [0.2, 0.25) is 5.02 Å². The highest BCUT2D eigenvalue weighted by Crippen LogP contribution is 2.24. The van der Waals surface area contributed by atoms with Gasteiger partial charge in [-0.3, -0.25) is 4.79 Å². The van der Waals surface area contributed by atoms with Crippen LogP contribution in [-0.4, -0.2) is 35.3 Å². The minimum absolute atomic E-state index is 0.0802. The van der Waals surface area contributed by atoms with Crippen molar-refractivity contribution in [2.24, 2.45) is 0 Å². The maximum atomic E-state index is 12.7. The zero-order valence-electron chi connectivity index (χ0n) is 14.6. The lowest BCUT2D eigenvalue weighted by Crippen LogP contribution is -2.30. The van der Waals surface area contributed by atoms with Crippen LogP contribution in [-0.2, 0) is 0 Å². The van der Waals surface area contributed by atoms with Gasteiger partial charge in [-0.25, -0.2) is 4.68 Å². The Hall–Kier alpha value is -2.11. The van der Waals surface area contributed by atoms with E-state index >= 15 is 0 Å².